The van der Waals surface area contributed by atoms with Gasteiger partial charge in [0.15, 0.2) is 0 Å². The van der Waals surface area contributed by atoms with E-state index < -0.39 is 0 Å². The van der Waals surface area contributed by atoms with Crippen LogP contribution in [0.1, 0.15) is 40.2 Å². The lowest BCUT2D eigenvalue weighted by molar-refractivity contribution is 0.0752. The molecule has 1 aliphatic rings. The average molecular weight is 319 g/mol. The van der Waals surface area contributed by atoms with E-state index in [1.165, 1.54) is 4.88 Å². The third kappa shape index (κ3) is 3.08. The van der Waals surface area contributed by atoms with E-state index in [1.54, 1.807) is 16.0 Å². The summed E-state index contributed by atoms with van der Waals surface area (Å²) in [6, 6.07) is 4.08. The molecule has 0 spiro atoms. The minimum Gasteiger partial charge on any atom is -0.381 e. The van der Waals surface area contributed by atoms with Gasteiger partial charge in [0.2, 0.25) is 0 Å². The Hall–Kier alpha value is -1.66. The van der Waals surface area contributed by atoms with Crippen molar-refractivity contribution in [3.63, 3.8) is 0 Å². The predicted octanol–water partition coefficient (Wildman–Crippen LogP) is 2.65. The molecule has 118 valence electrons. The number of ether oxygens (including phenoxy) is 1. The maximum absolute atomic E-state index is 12.9. The second kappa shape index (κ2) is 6.62. The van der Waals surface area contributed by atoms with Crippen LogP contribution in [0.4, 0.5) is 0 Å². The summed E-state index contributed by atoms with van der Waals surface area (Å²) in [6.07, 6.45) is 2.78. The molecule has 1 atom stereocenters. The highest BCUT2D eigenvalue weighted by atomic mass is 32.1. The summed E-state index contributed by atoms with van der Waals surface area (Å²) in [5.74, 6) is 0.298. The maximum Gasteiger partial charge on any atom is 0.257 e. The molecule has 0 unspecified atom stereocenters. The van der Waals surface area contributed by atoms with Gasteiger partial charge in [0.1, 0.15) is 0 Å². The van der Waals surface area contributed by atoms with Crippen molar-refractivity contribution in [2.75, 3.05) is 19.8 Å². The van der Waals surface area contributed by atoms with E-state index in [1.807, 2.05) is 36.5 Å². The first-order chi connectivity index (χ1) is 10.7. The monoisotopic (exact) mass is 319 g/mol. The second-order valence-corrected chi connectivity index (χ2v) is 6.59. The van der Waals surface area contributed by atoms with Gasteiger partial charge in [0.05, 0.1) is 24.4 Å². The molecule has 0 radical (unpaired) electrons. The van der Waals surface area contributed by atoms with E-state index in [0.717, 1.165) is 24.3 Å². The number of carbonyl (C=O) groups is 1. The third-order valence-electron chi connectivity index (χ3n) is 4.00. The zero-order chi connectivity index (χ0) is 15.5. The Morgan fingerprint density at radius 2 is 2.45 bits per heavy atom. The Bertz CT molecular complexity index is 630. The highest BCUT2D eigenvalue weighted by Crippen LogP contribution is 2.27. The molecule has 2 aromatic heterocycles. The van der Waals surface area contributed by atoms with Crippen molar-refractivity contribution >= 4 is 17.2 Å². The molecular formula is C16H21N3O2S. The Kier molecular flexibility index (Phi) is 4.59. The van der Waals surface area contributed by atoms with Gasteiger partial charge >= 0.3 is 0 Å². The van der Waals surface area contributed by atoms with Gasteiger partial charge in [0.25, 0.3) is 5.91 Å². The summed E-state index contributed by atoms with van der Waals surface area (Å²) in [7, 11) is 1.87. The smallest absolute Gasteiger partial charge is 0.257 e. The number of hydrogen-bond donors (Lipinski definition) is 0. The van der Waals surface area contributed by atoms with Crippen LogP contribution in [0.2, 0.25) is 0 Å². The summed E-state index contributed by atoms with van der Waals surface area (Å²) in [4.78, 5) is 16.0. The molecule has 1 amide bonds. The number of aryl methyl sites for hydroxylation is 1. The zero-order valence-corrected chi connectivity index (χ0v) is 13.8. The number of amides is 1. The highest BCUT2D eigenvalue weighted by molar-refractivity contribution is 7.09. The van der Waals surface area contributed by atoms with Gasteiger partial charge in [-0.25, -0.2) is 0 Å². The van der Waals surface area contributed by atoms with Crippen molar-refractivity contribution in [1.82, 2.24) is 14.7 Å². The van der Waals surface area contributed by atoms with Crippen molar-refractivity contribution in [3.8, 4) is 0 Å². The Labute approximate surface area is 134 Å². The summed E-state index contributed by atoms with van der Waals surface area (Å²) in [5, 5.41) is 6.56. The number of nitrogens with zero attached hydrogens (tertiary/aromatic N) is 3. The largest absolute Gasteiger partial charge is 0.381 e. The minimum absolute atomic E-state index is 0.0610. The summed E-state index contributed by atoms with van der Waals surface area (Å²) >= 11 is 1.68. The minimum atomic E-state index is 0.0610. The molecule has 0 bridgehead atoms. The molecule has 1 saturated heterocycles. The topological polar surface area (TPSA) is 47.4 Å². The SMILES string of the molecule is CCN(Cc1cccs1)C(=O)c1cn(C)nc1[C@H]1CCOC1. The maximum atomic E-state index is 12.9. The fraction of sp³-hybridized carbons (Fsp3) is 0.500. The van der Waals surface area contributed by atoms with E-state index in [-0.39, 0.29) is 11.8 Å². The van der Waals surface area contributed by atoms with Crippen LogP contribution in [-0.4, -0.2) is 40.3 Å². The molecule has 0 aromatic carbocycles. The number of carbonyl (C=O) groups excluding carboxylic acids is 1. The first-order valence-electron chi connectivity index (χ1n) is 7.62. The number of hydrogen-bond acceptors (Lipinski definition) is 4. The van der Waals surface area contributed by atoms with E-state index in [4.69, 9.17) is 4.74 Å². The lowest BCUT2D eigenvalue weighted by Crippen LogP contribution is -2.30. The van der Waals surface area contributed by atoms with Crippen molar-refractivity contribution < 1.29 is 9.53 Å². The molecule has 1 fully saturated rings. The van der Waals surface area contributed by atoms with Crippen LogP contribution in [0.3, 0.4) is 0 Å². The molecule has 3 heterocycles. The molecule has 0 N–H and O–H groups in total. The molecule has 5 nitrogen and oxygen atoms in total. The van der Waals surface area contributed by atoms with Crippen LogP contribution >= 0.6 is 11.3 Å². The van der Waals surface area contributed by atoms with E-state index in [0.29, 0.717) is 19.7 Å². The van der Waals surface area contributed by atoms with Crippen molar-refractivity contribution in [3.05, 3.63) is 39.8 Å². The normalized spacial score (nSPS) is 17.8. The molecule has 22 heavy (non-hydrogen) atoms. The Morgan fingerprint density at radius 3 is 3.09 bits per heavy atom. The summed E-state index contributed by atoms with van der Waals surface area (Å²) in [5.41, 5.74) is 1.60. The van der Waals surface area contributed by atoms with E-state index in [9.17, 15) is 4.79 Å². The molecule has 3 rings (SSSR count). The van der Waals surface area contributed by atoms with Crippen LogP contribution < -0.4 is 0 Å². The molecule has 1 aliphatic heterocycles. The first kappa shape index (κ1) is 15.2. The van der Waals surface area contributed by atoms with E-state index in [2.05, 4.69) is 11.2 Å². The zero-order valence-electron chi connectivity index (χ0n) is 13.0. The van der Waals surface area contributed by atoms with Gasteiger partial charge < -0.3 is 9.64 Å². The second-order valence-electron chi connectivity index (χ2n) is 5.56. The molecule has 0 aliphatic carbocycles. The van der Waals surface area contributed by atoms with Gasteiger partial charge in [-0.2, -0.15) is 5.10 Å². The van der Waals surface area contributed by atoms with Crippen LogP contribution in [0.5, 0.6) is 0 Å². The first-order valence-corrected chi connectivity index (χ1v) is 8.50. The summed E-state index contributed by atoms with van der Waals surface area (Å²) in [6.45, 7) is 4.77. The Balaban J connectivity index is 1.83. The fourth-order valence-electron chi connectivity index (χ4n) is 2.81. The van der Waals surface area contributed by atoms with Gasteiger partial charge in [-0.1, -0.05) is 6.07 Å². The van der Waals surface area contributed by atoms with Crippen molar-refractivity contribution in [2.24, 2.45) is 7.05 Å². The fourth-order valence-corrected chi connectivity index (χ4v) is 3.53. The molecule has 6 heteroatoms. The van der Waals surface area contributed by atoms with Gasteiger partial charge in [-0.15, -0.1) is 11.3 Å². The van der Waals surface area contributed by atoms with Crippen LogP contribution in [0.15, 0.2) is 23.7 Å². The lowest BCUT2D eigenvalue weighted by atomic mass is 10.0. The van der Waals surface area contributed by atoms with Crippen LogP contribution in [0.25, 0.3) is 0 Å². The number of aromatic nitrogens is 2. The summed E-state index contributed by atoms with van der Waals surface area (Å²) < 4.78 is 7.19. The predicted molar refractivity (Wildman–Crippen MR) is 86.1 cm³/mol. The van der Waals surface area contributed by atoms with Crippen LogP contribution in [-0.2, 0) is 18.3 Å². The quantitative estimate of drug-likeness (QED) is 0.851. The molecule has 2 aromatic rings. The Morgan fingerprint density at radius 1 is 1.59 bits per heavy atom. The molecular weight excluding hydrogens is 298 g/mol. The van der Waals surface area contributed by atoms with Gasteiger partial charge in [-0.05, 0) is 24.8 Å². The van der Waals surface area contributed by atoms with Gasteiger partial charge in [0, 0.05) is 37.2 Å². The van der Waals surface area contributed by atoms with E-state index >= 15 is 0 Å². The average Bonchev–Trinajstić information content (AvgIpc) is 3.24. The van der Waals surface area contributed by atoms with Crippen molar-refractivity contribution in [2.45, 2.75) is 25.8 Å². The third-order valence-corrected chi connectivity index (χ3v) is 4.86. The standard InChI is InChI=1S/C16H21N3O2S/c1-3-19(9-13-5-4-8-22-13)16(20)14-10-18(2)17-15(14)12-6-7-21-11-12/h4-5,8,10,12H,3,6-7,9,11H2,1-2H3/t12-/m0/s1. The number of thiophene rings is 1. The van der Waals surface area contributed by atoms with Gasteiger partial charge in [-0.3, -0.25) is 9.48 Å². The lowest BCUT2D eigenvalue weighted by Gasteiger charge is -2.20. The van der Waals surface area contributed by atoms with Crippen LogP contribution in [0, 0.1) is 0 Å². The number of rotatable bonds is 5. The highest BCUT2D eigenvalue weighted by Gasteiger charge is 2.28. The molecule has 0 saturated carbocycles. The van der Waals surface area contributed by atoms with Crippen molar-refractivity contribution in [1.29, 1.82) is 0 Å².